The van der Waals surface area contributed by atoms with Gasteiger partial charge in [-0.15, -0.1) is 0 Å². The van der Waals surface area contributed by atoms with Crippen molar-refractivity contribution in [3.05, 3.63) is 64.3 Å². The van der Waals surface area contributed by atoms with Crippen molar-refractivity contribution in [2.45, 2.75) is 38.6 Å². The monoisotopic (exact) mass is 468 g/mol. The molecule has 0 spiro atoms. The van der Waals surface area contributed by atoms with Crippen LogP contribution in [0.3, 0.4) is 0 Å². The van der Waals surface area contributed by atoms with Gasteiger partial charge in [-0.05, 0) is 38.8 Å². The lowest BCUT2D eigenvalue weighted by Gasteiger charge is -2.41. The third-order valence-corrected chi connectivity index (χ3v) is 6.46. The van der Waals surface area contributed by atoms with Crippen LogP contribution < -0.4 is 15.4 Å². The highest BCUT2D eigenvalue weighted by Crippen LogP contribution is 2.37. The Balaban J connectivity index is 1.77. The minimum atomic E-state index is -0.214. The molecule has 33 heavy (non-hydrogen) atoms. The maximum Gasteiger partial charge on any atom is 0.223 e. The van der Waals surface area contributed by atoms with Crippen molar-refractivity contribution in [2.24, 2.45) is 0 Å². The molecular weight excluding hydrogens is 440 g/mol. The van der Waals surface area contributed by atoms with Gasteiger partial charge in [-0.25, -0.2) is 4.98 Å². The zero-order valence-corrected chi connectivity index (χ0v) is 20.0. The molecule has 1 aliphatic rings. The molecule has 0 bridgehead atoms. The summed E-state index contributed by atoms with van der Waals surface area (Å²) in [7, 11) is 1.68. The molecule has 0 aliphatic carbocycles. The van der Waals surface area contributed by atoms with E-state index in [9.17, 15) is 0 Å². The molecule has 3 aromatic rings. The minimum Gasteiger partial charge on any atom is -0.496 e. The van der Waals surface area contributed by atoms with Crippen LogP contribution in [0.2, 0.25) is 5.15 Å². The Kier molecular flexibility index (Phi) is 6.95. The summed E-state index contributed by atoms with van der Waals surface area (Å²) < 4.78 is 11.3. The Morgan fingerprint density at radius 1 is 1.18 bits per heavy atom. The molecule has 0 amide bonds. The normalized spacial score (nSPS) is 15.3. The molecule has 1 fully saturated rings. The first-order chi connectivity index (χ1) is 15.9. The van der Waals surface area contributed by atoms with Crippen molar-refractivity contribution in [1.29, 1.82) is 0 Å². The van der Waals surface area contributed by atoms with E-state index < -0.39 is 0 Å². The number of halogens is 1. The van der Waals surface area contributed by atoms with Crippen molar-refractivity contribution in [2.75, 3.05) is 37.5 Å². The quantitative estimate of drug-likeness (QED) is 0.521. The Bertz CT molecular complexity index is 1090. The second-order valence-electron chi connectivity index (χ2n) is 8.42. The van der Waals surface area contributed by atoms with Gasteiger partial charge in [0, 0.05) is 60.5 Å². The van der Waals surface area contributed by atoms with E-state index in [1.165, 1.54) is 0 Å². The highest BCUT2D eigenvalue weighted by Gasteiger charge is 2.38. The van der Waals surface area contributed by atoms with Crippen LogP contribution >= 0.6 is 11.6 Å². The maximum atomic E-state index is 6.27. The van der Waals surface area contributed by atoms with E-state index in [-0.39, 0.29) is 11.4 Å². The number of pyridine rings is 2. The lowest BCUT2D eigenvalue weighted by Crippen LogP contribution is -2.45. The molecule has 174 valence electrons. The molecule has 0 saturated carbocycles. The van der Waals surface area contributed by atoms with Gasteiger partial charge in [-0.2, -0.15) is 4.98 Å². The second-order valence-corrected chi connectivity index (χ2v) is 8.80. The van der Waals surface area contributed by atoms with Crippen LogP contribution in [0.15, 0.2) is 36.7 Å². The first-order valence-corrected chi connectivity index (χ1v) is 11.3. The van der Waals surface area contributed by atoms with Gasteiger partial charge in [0.05, 0.1) is 19.3 Å². The van der Waals surface area contributed by atoms with Gasteiger partial charge in [-0.1, -0.05) is 17.7 Å². The van der Waals surface area contributed by atoms with Gasteiger partial charge in [0.2, 0.25) is 5.95 Å². The van der Waals surface area contributed by atoms with E-state index in [0.717, 1.165) is 41.1 Å². The zero-order valence-electron chi connectivity index (χ0n) is 19.2. The number of ether oxygens (including phenoxy) is 2. The lowest BCUT2D eigenvalue weighted by molar-refractivity contribution is 0.0506. The standard InChI is InChI=1S/C24H29ClN6O2/c1-16-13-28-18(17(2)22(16)32-3)14-31(21-12-20(25)29-23(26)30-21)15-24(7-10-33-11-8-24)19-6-4-5-9-27-19/h4-6,9,12-13H,7-8,10-11,14-15H2,1-3H3,(H2,26,29,30). The second kappa shape index (κ2) is 9.89. The molecule has 0 radical (unpaired) electrons. The van der Waals surface area contributed by atoms with Crippen LogP contribution in [0, 0.1) is 13.8 Å². The molecule has 1 aliphatic heterocycles. The maximum absolute atomic E-state index is 6.27. The highest BCUT2D eigenvalue weighted by atomic mass is 35.5. The Hall–Kier alpha value is -2.97. The first-order valence-electron chi connectivity index (χ1n) is 11.0. The van der Waals surface area contributed by atoms with E-state index in [2.05, 4.69) is 20.9 Å². The van der Waals surface area contributed by atoms with Crippen LogP contribution in [0.4, 0.5) is 11.8 Å². The Morgan fingerprint density at radius 3 is 2.64 bits per heavy atom. The lowest BCUT2D eigenvalue weighted by atomic mass is 9.76. The summed E-state index contributed by atoms with van der Waals surface area (Å²) in [4.78, 5) is 20.1. The highest BCUT2D eigenvalue weighted by molar-refractivity contribution is 6.29. The van der Waals surface area contributed by atoms with Gasteiger partial charge >= 0.3 is 0 Å². The van der Waals surface area contributed by atoms with E-state index in [1.54, 1.807) is 13.2 Å². The smallest absolute Gasteiger partial charge is 0.223 e. The van der Waals surface area contributed by atoms with Crippen molar-refractivity contribution < 1.29 is 9.47 Å². The van der Waals surface area contributed by atoms with Gasteiger partial charge in [0.1, 0.15) is 16.7 Å². The fourth-order valence-corrected chi connectivity index (χ4v) is 4.70. The number of hydrogen-bond acceptors (Lipinski definition) is 8. The summed E-state index contributed by atoms with van der Waals surface area (Å²) >= 11 is 6.27. The van der Waals surface area contributed by atoms with E-state index in [1.807, 2.05) is 38.4 Å². The molecule has 0 aromatic carbocycles. The van der Waals surface area contributed by atoms with Crippen molar-refractivity contribution >= 4 is 23.4 Å². The fraction of sp³-hybridized carbons (Fsp3) is 0.417. The van der Waals surface area contributed by atoms with E-state index in [0.29, 0.717) is 37.3 Å². The number of hydrogen-bond donors (Lipinski definition) is 1. The summed E-state index contributed by atoms with van der Waals surface area (Å²) in [5.41, 5.74) is 9.67. The number of anilines is 2. The van der Waals surface area contributed by atoms with Crippen molar-refractivity contribution in [3.63, 3.8) is 0 Å². The summed E-state index contributed by atoms with van der Waals surface area (Å²) in [5, 5.41) is 0.299. The van der Waals surface area contributed by atoms with Crippen LogP contribution in [-0.2, 0) is 16.7 Å². The van der Waals surface area contributed by atoms with Crippen LogP contribution in [-0.4, -0.2) is 46.8 Å². The minimum absolute atomic E-state index is 0.132. The number of methoxy groups -OCH3 is 1. The molecule has 3 aromatic heterocycles. The summed E-state index contributed by atoms with van der Waals surface area (Å²) in [6.45, 7) is 6.52. The first kappa shape index (κ1) is 23.2. The van der Waals surface area contributed by atoms with E-state index in [4.69, 9.17) is 36.8 Å². The fourth-order valence-electron chi connectivity index (χ4n) is 4.51. The number of aromatic nitrogens is 4. The van der Waals surface area contributed by atoms with E-state index >= 15 is 0 Å². The van der Waals surface area contributed by atoms with Crippen LogP contribution in [0.25, 0.3) is 0 Å². The Morgan fingerprint density at radius 2 is 1.97 bits per heavy atom. The third-order valence-electron chi connectivity index (χ3n) is 6.26. The molecule has 8 nitrogen and oxygen atoms in total. The third kappa shape index (κ3) is 5.02. The number of nitrogens with zero attached hydrogens (tertiary/aromatic N) is 5. The SMILES string of the molecule is COc1c(C)cnc(CN(CC2(c3ccccn3)CCOCC2)c2cc(Cl)nc(N)n2)c1C. The molecule has 2 N–H and O–H groups in total. The van der Waals surface area contributed by atoms with Crippen LogP contribution in [0.1, 0.15) is 35.4 Å². The molecule has 0 atom stereocenters. The zero-order chi connectivity index (χ0) is 23.4. The van der Waals surface area contributed by atoms with Crippen molar-refractivity contribution in [3.8, 4) is 5.75 Å². The Labute approximate surface area is 199 Å². The van der Waals surface area contributed by atoms with Gasteiger partial charge < -0.3 is 20.1 Å². The largest absolute Gasteiger partial charge is 0.496 e. The van der Waals surface area contributed by atoms with Crippen molar-refractivity contribution in [1.82, 2.24) is 19.9 Å². The topological polar surface area (TPSA) is 99.3 Å². The average molecular weight is 469 g/mol. The number of rotatable bonds is 7. The molecule has 4 heterocycles. The summed E-state index contributed by atoms with van der Waals surface area (Å²) in [5.74, 6) is 1.62. The predicted molar refractivity (Wildman–Crippen MR) is 129 cm³/mol. The molecule has 1 saturated heterocycles. The molecular formula is C24H29ClN6O2. The summed E-state index contributed by atoms with van der Waals surface area (Å²) in [6.07, 6.45) is 5.37. The predicted octanol–water partition coefficient (Wildman–Crippen LogP) is 3.88. The number of aryl methyl sites for hydroxylation is 1. The molecule has 9 heteroatoms. The summed E-state index contributed by atoms with van der Waals surface area (Å²) in [6, 6.07) is 7.79. The number of nitrogen functional groups attached to an aromatic ring is 1. The van der Waals surface area contributed by atoms with Gasteiger partial charge in [0.15, 0.2) is 0 Å². The van der Waals surface area contributed by atoms with Crippen LogP contribution in [0.5, 0.6) is 5.75 Å². The molecule has 0 unspecified atom stereocenters. The van der Waals surface area contributed by atoms with Gasteiger partial charge in [-0.3, -0.25) is 9.97 Å². The average Bonchev–Trinajstić information content (AvgIpc) is 2.81. The van der Waals surface area contributed by atoms with Gasteiger partial charge in [0.25, 0.3) is 0 Å². The number of nitrogens with two attached hydrogens (primary N) is 1. The molecule has 4 rings (SSSR count).